The van der Waals surface area contributed by atoms with Gasteiger partial charge in [0.05, 0.1) is 5.69 Å². The van der Waals surface area contributed by atoms with E-state index in [1.54, 1.807) is 19.2 Å². The first-order chi connectivity index (χ1) is 12.7. The van der Waals surface area contributed by atoms with E-state index in [0.29, 0.717) is 11.3 Å². The zero-order valence-corrected chi connectivity index (χ0v) is 15.3. The minimum atomic E-state index is -1.17. The van der Waals surface area contributed by atoms with Crippen molar-refractivity contribution in [3.05, 3.63) is 47.5 Å². The number of aryl methyl sites for hydroxylation is 1. The number of hydrogen-bond donors (Lipinski definition) is 2. The summed E-state index contributed by atoms with van der Waals surface area (Å²) in [6, 6.07) is 4.55. The molecule has 1 unspecified atom stereocenters. The number of nitrogens with zero attached hydrogens (tertiary/aromatic N) is 3. The Balaban J connectivity index is 2.25. The molecule has 0 fully saturated rings. The average Bonchev–Trinajstić information content (AvgIpc) is 3.07. The van der Waals surface area contributed by atoms with Gasteiger partial charge in [0.2, 0.25) is 5.91 Å². The maximum atomic E-state index is 13.3. The van der Waals surface area contributed by atoms with Crippen molar-refractivity contribution in [3.63, 3.8) is 0 Å². The lowest BCUT2D eigenvalue weighted by atomic mass is 10.2. The molecule has 0 aliphatic heterocycles. The normalized spacial score (nSPS) is 11.7. The van der Waals surface area contributed by atoms with Crippen LogP contribution >= 0.6 is 0 Å². The maximum absolute atomic E-state index is 13.3. The molecule has 0 aliphatic carbocycles. The highest BCUT2D eigenvalue weighted by Crippen LogP contribution is 2.16. The van der Waals surface area contributed by atoms with E-state index < -0.39 is 17.9 Å². The number of benzene rings is 1. The van der Waals surface area contributed by atoms with Crippen molar-refractivity contribution < 1.29 is 23.9 Å². The maximum Gasteiger partial charge on any atom is 0.326 e. The fraction of sp³-hybridized carbons (Fsp3) is 0.333. The molecule has 2 N–H and O–H groups in total. The van der Waals surface area contributed by atoms with E-state index in [1.807, 2.05) is 0 Å². The monoisotopic (exact) mass is 376 g/mol. The Hall–Kier alpha value is -3.23. The van der Waals surface area contributed by atoms with Gasteiger partial charge in [0.1, 0.15) is 11.9 Å². The summed E-state index contributed by atoms with van der Waals surface area (Å²) in [5.41, 5.74) is 1.29. The molecule has 2 rings (SSSR count). The fourth-order valence-electron chi connectivity index (χ4n) is 2.55. The first-order valence-corrected chi connectivity index (χ1v) is 8.31. The van der Waals surface area contributed by atoms with Gasteiger partial charge in [-0.15, -0.1) is 0 Å². The fourth-order valence-corrected chi connectivity index (χ4v) is 2.55. The summed E-state index contributed by atoms with van der Waals surface area (Å²) in [6.07, 6.45) is 1.55. The van der Waals surface area contributed by atoms with Crippen LogP contribution in [0.3, 0.4) is 0 Å². The number of halogens is 1. The van der Waals surface area contributed by atoms with Gasteiger partial charge in [-0.3, -0.25) is 9.59 Å². The van der Waals surface area contributed by atoms with Crippen molar-refractivity contribution in [1.82, 2.24) is 20.0 Å². The van der Waals surface area contributed by atoms with Crippen LogP contribution in [-0.2, 0) is 9.59 Å². The van der Waals surface area contributed by atoms with Gasteiger partial charge in [0.25, 0.3) is 5.91 Å². The average molecular weight is 376 g/mol. The van der Waals surface area contributed by atoms with E-state index >= 15 is 0 Å². The second kappa shape index (κ2) is 8.43. The van der Waals surface area contributed by atoms with Crippen LogP contribution in [0.25, 0.3) is 5.69 Å². The third-order valence-electron chi connectivity index (χ3n) is 4.03. The minimum absolute atomic E-state index is 0.0221. The van der Waals surface area contributed by atoms with Gasteiger partial charge >= 0.3 is 5.97 Å². The van der Waals surface area contributed by atoms with Crippen molar-refractivity contribution in [3.8, 4) is 5.69 Å². The summed E-state index contributed by atoms with van der Waals surface area (Å²) in [6.45, 7) is 4.58. The summed E-state index contributed by atoms with van der Waals surface area (Å²) in [7, 11) is 0. The SMILES string of the molecule is CC(=O)NCCN(C(=O)c1ccn(-c2ccc(F)cc2C)n1)C(C)C(=O)O. The van der Waals surface area contributed by atoms with Crippen LogP contribution in [0.5, 0.6) is 0 Å². The number of aliphatic carboxylic acids is 1. The van der Waals surface area contributed by atoms with Gasteiger partial charge in [-0.05, 0) is 43.7 Å². The van der Waals surface area contributed by atoms with Crippen LogP contribution in [0, 0.1) is 12.7 Å². The molecule has 9 heteroatoms. The number of carboxylic acid groups (broad SMARTS) is 1. The van der Waals surface area contributed by atoms with Crippen LogP contribution in [-0.4, -0.2) is 56.7 Å². The molecule has 1 aromatic carbocycles. The van der Waals surface area contributed by atoms with Crippen LogP contribution in [0.4, 0.5) is 4.39 Å². The van der Waals surface area contributed by atoms with Crippen LogP contribution in [0.2, 0.25) is 0 Å². The highest BCUT2D eigenvalue weighted by molar-refractivity contribution is 5.95. The lowest BCUT2D eigenvalue weighted by Crippen LogP contribution is -2.46. The van der Waals surface area contributed by atoms with Gasteiger partial charge in [-0.1, -0.05) is 0 Å². The topological polar surface area (TPSA) is 105 Å². The molecule has 0 spiro atoms. The lowest BCUT2D eigenvalue weighted by Gasteiger charge is -2.25. The molecule has 8 nitrogen and oxygen atoms in total. The van der Waals surface area contributed by atoms with Crippen LogP contribution < -0.4 is 5.32 Å². The molecular weight excluding hydrogens is 355 g/mol. The van der Waals surface area contributed by atoms with Gasteiger partial charge < -0.3 is 15.3 Å². The molecular formula is C18H21FN4O4. The number of amides is 2. The van der Waals surface area contributed by atoms with E-state index in [-0.39, 0.29) is 30.5 Å². The second-order valence-electron chi connectivity index (χ2n) is 6.07. The lowest BCUT2D eigenvalue weighted by molar-refractivity contribution is -0.141. The van der Waals surface area contributed by atoms with E-state index in [2.05, 4.69) is 10.4 Å². The van der Waals surface area contributed by atoms with Gasteiger partial charge in [-0.2, -0.15) is 5.10 Å². The summed E-state index contributed by atoms with van der Waals surface area (Å²) in [5.74, 6) is -2.39. The molecule has 27 heavy (non-hydrogen) atoms. The molecule has 2 aromatic rings. The molecule has 1 heterocycles. The number of nitrogens with one attached hydrogen (secondary N) is 1. The molecule has 1 aromatic heterocycles. The first-order valence-electron chi connectivity index (χ1n) is 8.31. The Labute approximate surface area is 155 Å². The standard InChI is InChI=1S/C18H21FN4O4/c1-11-10-14(19)4-5-16(11)23-8-6-15(21-23)17(25)22(12(2)18(26)27)9-7-20-13(3)24/h4-6,8,10,12H,7,9H2,1-3H3,(H,20,24)(H,26,27). The van der Waals surface area contributed by atoms with E-state index in [0.717, 1.165) is 4.90 Å². The van der Waals surface area contributed by atoms with Crippen molar-refractivity contribution in [2.75, 3.05) is 13.1 Å². The molecule has 0 saturated heterocycles. The summed E-state index contributed by atoms with van der Waals surface area (Å²) in [5, 5.41) is 16.0. The van der Waals surface area contributed by atoms with Crippen molar-refractivity contribution in [2.45, 2.75) is 26.8 Å². The Kier molecular flexibility index (Phi) is 6.27. The van der Waals surface area contributed by atoms with Gasteiger partial charge in [-0.25, -0.2) is 13.9 Å². The van der Waals surface area contributed by atoms with Crippen molar-refractivity contribution in [1.29, 1.82) is 0 Å². The third-order valence-corrected chi connectivity index (χ3v) is 4.03. The summed E-state index contributed by atoms with van der Waals surface area (Å²) < 4.78 is 14.7. The molecule has 0 saturated carbocycles. The van der Waals surface area contributed by atoms with Crippen LogP contribution in [0.1, 0.15) is 29.9 Å². The molecule has 144 valence electrons. The van der Waals surface area contributed by atoms with Gasteiger partial charge in [0.15, 0.2) is 5.69 Å². The number of carbonyl (C=O) groups is 3. The van der Waals surface area contributed by atoms with E-state index in [1.165, 1.54) is 36.7 Å². The quantitative estimate of drug-likeness (QED) is 0.759. The molecule has 0 radical (unpaired) electrons. The summed E-state index contributed by atoms with van der Waals surface area (Å²) in [4.78, 5) is 36.2. The predicted molar refractivity (Wildman–Crippen MR) is 95.1 cm³/mol. The highest BCUT2D eigenvalue weighted by Gasteiger charge is 2.27. The molecule has 2 amide bonds. The Morgan fingerprint density at radius 2 is 2.04 bits per heavy atom. The first kappa shape index (κ1) is 20.1. The van der Waals surface area contributed by atoms with Crippen molar-refractivity contribution >= 4 is 17.8 Å². The largest absolute Gasteiger partial charge is 0.480 e. The number of aromatic nitrogens is 2. The molecule has 0 bridgehead atoms. The number of carbonyl (C=O) groups excluding carboxylic acids is 2. The Morgan fingerprint density at radius 3 is 2.63 bits per heavy atom. The smallest absolute Gasteiger partial charge is 0.326 e. The van der Waals surface area contributed by atoms with Crippen LogP contribution in [0.15, 0.2) is 30.5 Å². The van der Waals surface area contributed by atoms with E-state index in [9.17, 15) is 23.9 Å². The van der Waals surface area contributed by atoms with Gasteiger partial charge in [0, 0.05) is 26.2 Å². The highest BCUT2D eigenvalue weighted by atomic mass is 19.1. The third kappa shape index (κ3) is 4.90. The zero-order valence-electron chi connectivity index (χ0n) is 15.3. The molecule has 1 atom stereocenters. The number of carboxylic acids is 1. The zero-order chi connectivity index (χ0) is 20.1. The predicted octanol–water partition coefficient (Wildman–Crippen LogP) is 1.37. The van der Waals surface area contributed by atoms with E-state index in [4.69, 9.17) is 0 Å². The summed E-state index contributed by atoms with van der Waals surface area (Å²) >= 11 is 0. The molecule has 0 aliphatic rings. The number of rotatable bonds is 7. The van der Waals surface area contributed by atoms with Crippen molar-refractivity contribution in [2.24, 2.45) is 0 Å². The Bertz CT molecular complexity index is 865. The Morgan fingerprint density at radius 1 is 1.33 bits per heavy atom. The number of hydrogen-bond acceptors (Lipinski definition) is 4. The minimum Gasteiger partial charge on any atom is -0.480 e. The second-order valence-corrected chi connectivity index (χ2v) is 6.07.